The third kappa shape index (κ3) is 4.06. The number of fused-ring (bicyclic) bond motifs is 1. The molecule has 8 nitrogen and oxygen atoms in total. The molecule has 3 aliphatic heterocycles. The quantitative estimate of drug-likeness (QED) is 0.532. The zero-order chi connectivity index (χ0) is 26.3. The molecule has 8 heteroatoms. The first-order chi connectivity index (χ1) is 17.1. The number of benzene rings is 1. The van der Waals surface area contributed by atoms with Crippen molar-refractivity contribution >= 4 is 23.4 Å². The highest BCUT2D eigenvalue weighted by Crippen LogP contribution is 2.59. The monoisotopic (exact) mass is 495 g/mol. The van der Waals surface area contributed by atoms with Crippen molar-refractivity contribution in [2.45, 2.75) is 56.9 Å². The molecule has 3 fully saturated rings. The number of aliphatic hydroxyl groups is 1. The summed E-state index contributed by atoms with van der Waals surface area (Å²) in [4.78, 5) is 46.8. The van der Waals surface area contributed by atoms with Gasteiger partial charge in [-0.15, -0.1) is 13.2 Å². The maximum Gasteiger partial charge on any atom is 0.249 e. The first-order valence-electron chi connectivity index (χ1n) is 12.6. The number of hydrogen-bond donors (Lipinski definition) is 1. The number of carbonyl (C=O) groups is 3. The molecule has 3 amide bonds. The second-order valence-electron chi connectivity index (χ2n) is 10.8. The molecular weight excluding hydrogens is 458 g/mol. The molecular formula is C28H37N3O5. The molecule has 1 N–H and O–H groups in total. The predicted octanol–water partition coefficient (Wildman–Crippen LogP) is 2.39. The molecule has 0 aliphatic carbocycles. The number of para-hydroxylation sites is 1. The highest BCUT2D eigenvalue weighted by atomic mass is 16.5. The summed E-state index contributed by atoms with van der Waals surface area (Å²) in [6.45, 7) is 13.7. The molecule has 2 unspecified atom stereocenters. The highest BCUT2D eigenvalue weighted by molar-refractivity contribution is 6.03. The smallest absolute Gasteiger partial charge is 0.249 e. The summed E-state index contributed by atoms with van der Waals surface area (Å²) in [5.74, 6) is -2.26. The fourth-order valence-corrected chi connectivity index (χ4v) is 6.27. The van der Waals surface area contributed by atoms with Gasteiger partial charge < -0.3 is 24.5 Å². The number of carbonyl (C=O) groups excluding carboxylic acids is 3. The fourth-order valence-electron chi connectivity index (χ4n) is 6.27. The summed E-state index contributed by atoms with van der Waals surface area (Å²) in [6, 6.07) is 8.38. The molecule has 1 spiro atoms. The van der Waals surface area contributed by atoms with Crippen molar-refractivity contribution in [3.63, 3.8) is 0 Å². The van der Waals surface area contributed by atoms with E-state index in [0.29, 0.717) is 25.9 Å². The number of rotatable bonds is 9. The van der Waals surface area contributed by atoms with Gasteiger partial charge in [-0.1, -0.05) is 30.4 Å². The number of β-amino-alcohol motifs (C(OH)–C–C–N with tert-alkyl or cyclic N) is 1. The zero-order valence-corrected chi connectivity index (χ0v) is 21.4. The minimum absolute atomic E-state index is 0.00353. The van der Waals surface area contributed by atoms with Crippen LogP contribution in [0.4, 0.5) is 5.69 Å². The maximum atomic E-state index is 14.1. The molecule has 1 aromatic carbocycles. The Kier molecular flexibility index (Phi) is 7.12. The van der Waals surface area contributed by atoms with Crippen LogP contribution in [0.3, 0.4) is 0 Å². The van der Waals surface area contributed by atoms with Gasteiger partial charge in [0.1, 0.15) is 11.6 Å². The van der Waals surface area contributed by atoms with Gasteiger partial charge in [0.25, 0.3) is 0 Å². The van der Waals surface area contributed by atoms with E-state index >= 15 is 0 Å². The predicted molar refractivity (Wildman–Crippen MR) is 137 cm³/mol. The first kappa shape index (κ1) is 26.1. The van der Waals surface area contributed by atoms with Crippen molar-refractivity contribution in [3.05, 3.63) is 55.6 Å². The molecule has 36 heavy (non-hydrogen) atoms. The van der Waals surface area contributed by atoms with E-state index in [1.165, 1.54) is 4.90 Å². The maximum absolute atomic E-state index is 14.1. The van der Waals surface area contributed by atoms with Gasteiger partial charge in [0.2, 0.25) is 17.7 Å². The summed E-state index contributed by atoms with van der Waals surface area (Å²) in [5.41, 5.74) is -0.905. The van der Waals surface area contributed by atoms with Gasteiger partial charge in [0.05, 0.1) is 24.5 Å². The van der Waals surface area contributed by atoms with Crippen LogP contribution in [0.2, 0.25) is 0 Å². The van der Waals surface area contributed by atoms with Crippen molar-refractivity contribution < 1.29 is 24.2 Å². The minimum atomic E-state index is -1.10. The molecule has 3 aliphatic rings. The van der Waals surface area contributed by atoms with Crippen molar-refractivity contribution in [3.8, 4) is 0 Å². The van der Waals surface area contributed by atoms with Crippen LogP contribution in [0.1, 0.15) is 33.6 Å². The van der Waals surface area contributed by atoms with Crippen LogP contribution in [0.5, 0.6) is 0 Å². The lowest BCUT2D eigenvalue weighted by Crippen LogP contribution is -2.60. The van der Waals surface area contributed by atoms with Crippen LogP contribution in [0.15, 0.2) is 55.6 Å². The lowest BCUT2D eigenvalue weighted by molar-refractivity contribution is -0.151. The van der Waals surface area contributed by atoms with Crippen LogP contribution in [-0.2, 0) is 19.1 Å². The molecule has 5 atom stereocenters. The normalized spacial score (nSPS) is 28.7. The van der Waals surface area contributed by atoms with Gasteiger partial charge in [-0.2, -0.15) is 0 Å². The van der Waals surface area contributed by atoms with E-state index in [2.05, 4.69) is 13.2 Å². The second-order valence-corrected chi connectivity index (χ2v) is 10.8. The van der Waals surface area contributed by atoms with Crippen LogP contribution in [0, 0.1) is 11.8 Å². The Morgan fingerprint density at radius 1 is 1.17 bits per heavy atom. The topological polar surface area (TPSA) is 90.4 Å². The number of aliphatic hydroxyl groups excluding tert-OH is 1. The number of amides is 3. The van der Waals surface area contributed by atoms with Crippen molar-refractivity contribution in [1.29, 1.82) is 0 Å². The molecule has 0 aromatic heterocycles. The zero-order valence-electron chi connectivity index (χ0n) is 21.4. The first-order valence-corrected chi connectivity index (χ1v) is 12.6. The molecule has 3 heterocycles. The third-order valence-electron chi connectivity index (χ3n) is 7.69. The average molecular weight is 496 g/mol. The number of ether oxygens (including phenoxy) is 1. The Bertz CT molecular complexity index is 1040. The Balaban J connectivity index is 1.75. The second kappa shape index (κ2) is 9.82. The van der Waals surface area contributed by atoms with Crippen molar-refractivity contribution in [1.82, 2.24) is 9.80 Å². The van der Waals surface area contributed by atoms with Crippen LogP contribution in [0.25, 0.3) is 0 Å². The van der Waals surface area contributed by atoms with E-state index in [9.17, 15) is 19.5 Å². The van der Waals surface area contributed by atoms with Crippen molar-refractivity contribution in [2.24, 2.45) is 11.8 Å². The Morgan fingerprint density at radius 3 is 2.42 bits per heavy atom. The van der Waals surface area contributed by atoms with Gasteiger partial charge in [-0.05, 0) is 45.7 Å². The van der Waals surface area contributed by atoms with Gasteiger partial charge in [-0.3, -0.25) is 14.4 Å². The Labute approximate surface area is 213 Å². The molecule has 4 rings (SSSR count). The van der Waals surface area contributed by atoms with Gasteiger partial charge in [0, 0.05) is 30.9 Å². The fraction of sp³-hybridized carbons (Fsp3) is 0.536. The molecule has 3 saturated heterocycles. The van der Waals surface area contributed by atoms with Gasteiger partial charge in [0.15, 0.2) is 0 Å². The number of anilines is 1. The van der Waals surface area contributed by atoms with Gasteiger partial charge in [-0.25, -0.2) is 0 Å². The number of hydrogen-bond acceptors (Lipinski definition) is 5. The molecule has 0 radical (unpaired) electrons. The molecule has 2 bridgehead atoms. The molecule has 194 valence electrons. The summed E-state index contributed by atoms with van der Waals surface area (Å²) in [6.07, 6.45) is 3.97. The van der Waals surface area contributed by atoms with Crippen molar-refractivity contribution in [2.75, 3.05) is 31.1 Å². The van der Waals surface area contributed by atoms with E-state index in [1.807, 2.05) is 51.1 Å². The van der Waals surface area contributed by atoms with E-state index in [4.69, 9.17) is 4.74 Å². The van der Waals surface area contributed by atoms with E-state index in [1.54, 1.807) is 22.0 Å². The van der Waals surface area contributed by atoms with Crippen LogP contribution < -0.4 is 4.90 Å². The van der Waals surface area contributed by atoms with E-state index < -0.39 is 35.1 Å². The third-order valence-corrected chi connectivity index (χ3v) is 7.69. The number of nitrogens with zero attached hydrogens (tertiary/aromatic N) is 3. The Morgan fingerprint density at radius 2 is 1.83 bits per heavy atom. The largest absolute Gasteiger partial charge is 0.395 e. The van der Waals surface area contributed by atoms with E-state index in [0.717, 1.165) is 5.69 Å². The summed E-state index contributed by atoms with van der Waals surface area (Å²) in [5, 5.41) is 9.80. The van der Waals surface area contributed by atoms with Crippen LogP contribution >= 0.6 is 0 Å². The van der Waals surface area contributed by atoms with Crippen LogP contribution in [-0.4, -0.2) is 82.2 Å². The standard InChI is InChI=1S/C28H37N3O5/c1-6-15-29(19-11-9-8-10-12-19)24(33)21-20-13-14-28(36-20)22(21)25(34)30(17-18-32)23(28)26(35)31(16-7-2)27(3,4)5/h6-12,20-23,32H,1-2,13-18H2,3-5H3/t20-,21+,22+,23?,28?/m1/s1. The highest BCUT2D eigenvalue weighted by Gasteiger charge is 2.75. The Hall–Kier alpha value is -2.97. The summed E-state index contributed by atoms with van der Waals surface area (Å²) >= 11 is 0. The lowest BCUT2D eigenvalue weighted by atomic mass is 9.70. The molecule has 0 saturated carbocycles. The van der Waals surface area contributed by atoms with Gasteiger partial charge >= 0.3 is 0 Å². The minimum Gasteiger partial charge on any atom is -0.395 e. The lowest BCUT2D eigenvalue weighted by Gasteiger charge is -2.42. The summed E-state index contributed by atoms with van der Waals surface area (Å²) < 4.78 is 6.51. The average Bonchev–Trinajstić information content (AvgIpc) is 3.48. The summed E-state index contributed by atoms with van der Waals surface area (Å²) in [7, 11) is 0. The van der Waals surface area contributed by atoms with E-state index in [-0.39, 0.29) is 30.9 Å². The number of likely N-dealkylation sites (tertiary alicyclic amines) is 1. The SMILES string of the molecule is C=CCN(C(=O)[C@@H]1[C@H]2C(=O)N(CCO)C(C(=O)N(CC=C)C(C)(C)C)C23CC[C@H]1O3)c1ccccc1. The molecule has 1 aromatic rings.